The zero-order valence-corrected chi connectivity index (χ0v) is 17.6. The van der Waals surface area contributed by atoms with Gasteiger partial charge in [0.25, 0.3) is 0 Å². The van der Waals surface area contributed by atoms with Gasteiger partial charge in [-0.1, -0.05) is 61.7 Å². The molecule has 0 aliphatic heterocycles. The number of benzene rings is 3. The summed E-state index contributed by atoms with van der Waals surface area (Å²) < 4.78 is 15.3. The lowest BCUT2D eigenvalue weighted by atomic mass is 10.0. The molecular formula is C27H22O5. The zero-order valence-electron chi connectivity index (χ0n) is 17.6. The molecule has 0 amide bonds. The highest BCUT2D eigenvalue weighted by Crippen LogP contribution is 2.27. The first-order valence-electron chi connectivity index (χ1n) is 9.79. The van der Waals surface area contributed by atoms with Crippen molar-refractivity contribution in [2.45, 2.75) is 6.92 Å². The van der Waals surface area contributed by atoms with E-state index in [-0.39, 0.29) is 0 Å². The van der Waals surface area contributed by atoms with Crippen LogP contribution in [0.2, 0.25) is 0 Å². The molecule has 0 heterocycles. The molecule has 3 rings (SSSR count). The normalized spacial score (nSPS) is 10.4. The molecule has 32 heavy (non-hydrogen) atoms. The van der Waals surface area contributed by atoms with Crippen molar-refractivity contribution in [1.82, 2.24) is 0 Å². The first kappa shape index (κ1) is 22.3. The van der Waals surface area contributed by atoms with E-state index in [0.29, 0.717) is 17.1 Å². The smallest absolute Gasteiger partial charge is 0.338 e. The molecule has 0 radical (unpaired) electrons. The standard InChI is InChI=1S/C27H22O5/c1-4-26(28)31-18-17-30-24-13-9-22(10-14-24)20-5-7-21(8-6-20)23-11-15-25(16-12-23)32-27(29)19(2)3/h4-18H,1-2H2,3H3/b18-17-. The van der Waals surface area contributed by atoms with E-state index in [1.54, 1.807) is 19.1 Å². The van der Waals surface area contributed by atoms with E-state index in [9.17, 15) is 9.59 Å². The van der Waals surface area contributed by atoms with Gasteiger partial charge in [0.15, 0.2) is 0 Å². The Bertz CT molecular complexity index is 1140. The summed E-state index contributed by atoms with van der Waals surface area (Å²) in [7, 11) is 0. The molecule has 0 aliphatic rings. The van der Waals surface area contributed by atoms with Crippen molar-refractivity contribution in [3.8, 4) is 33.8 Å². The minimum Gasteiger partial charge on any atom is -0.462 e. The summed E-state index contributed by atoms with van der Waals surface area (Å²) in [6.07, 6.45) is 3.52. The van der Waals surface area contributed by atoms with Gasteiger partial charge in [-0.15, -0.1) is 0 Å². The van der Waals surface area contributed by atoms with Crippen LogP contribution in [-0.2, 0) is 14.3 Å². The summed E-state index contributed by atoms with van der Waals surface area (Å²) in [6, 6.07) is 23.0. The first-order valence-corrected chi connectivity index (χ1v) is 9.79. The van der Waals surface area contributed by atoms with Gasteiger partial charge < -0.3 is 14.2 Å². The lowest BCUT2D eigenvalue weighted by Crippen LogP contribution is -2.07. The molecule has 3 aromatic rings. The lowest BCUT2D eigenvalue weighted by molar-refractivity contribution is -0.132. The number of ether oxygens (including phenoxy) is 3. The molecule has 0 spiro atoms. The summed E-state index contributed by atoms with van der Waals surface area (Å²) in [5.74, 6) is 0.106. The molecule has 5 heteroatoms. The topological polar surface area (TPSA) is 61.8 Å². The van der Waals surface area contributed by atoms with Gasteiger partial charge in [0, 0.05) is 11.6 Å². The van der Waals surface area contributed by atoms with Crippen molar-refractivity contribution in [1.29, 1.82) is 0 Å². The van der Waals surface area contributed by atoms with E-state index in [1.165, 1.54) is 6.26 Å². The monoisotopic (exact) mass is 426 g/mol. The van der Waals surface area contributed by atoms with Crippen molar-refractivity contribution in [3.05, 3.63) is 110 Å². The second-order valence-corrected chi connectivity index (χ2v) is 6.83. The fraction of sp³-hybridized carbons (Fsp3) is 0.0370. The summed E-state index contributed by atoms with van der Waals surface area (Å²) in [6.45, 7) is 8.50. The van der Waals surface area contributed by atoms with E-state index < -0.39 is 11.9 Å². The van der Waals surface area contributed by atoms with Crippen LogP contribution in [-0.4, -0.2) is 11.9 Å². The third-order valence-corrected chi connectivity index (χ3v) is 4.43. The molecule has 3 aromatic carbocycles. The number of hydrogen-bond acceptors (Lipinski definition) is 5. The van der Waals surface area contributed by atoms with Gasteiger partial charge in [-0.05, 0) is 53.4 Å². The minimum absolute atomic E-state index is 0.356. The van der Waals surface area contributed by atoms with Crippen LogP contribution in [0.1, 0.15) is 6.92 Å². The molecule has 0 saturated carbocycles. The highest BCUT2D eigenvalue weighted by molar-refractivity contribution is 5.88. The van der Waals surface area contributed by atoms with Crippen LogP contribution in [0.25, 0.3) is 22.3 Å². The number of carbonyl (C=O) groups excluding carboxylic acids is 2. The zero-order chi connectivity index (χ0) is 22.9. The molecule has 0 unspecified atom stereocenters. The van der Waals surface area contributed by atoms with E-state index in [1.807, 2.05) is 60.7 Å². The average molecular weight is 426 g/mol. The van der Waals surface area contributed by atoms with Crippen molar-refractivity contribution in [2.75, 3.05) is 0 Å². The van der Waals surface area contributed by atoms with E-state index in [2.05, 4.69) is 13.2 Å². The molecule has 5 nitrogen and oxygen atoms in total. The maximum atomic E-state index is 11.6. The van der Waals surface area contributed by atoms with E-state index >= 15 is 0 Å². The highest BCUT2D eigenvalue weighted by Gasteiger charge is 2.06. The second kappa shape index (κ2) is 10.6. The summed E-state index contributed by atoms with van der Waals surface area (Å²) in [4.78, 5) is 22.6. The Balaban J connectivity index is 1.63. The summed E-state index contributed by atoms with van der Waals surface area (Å²) in [5, 5.41) is 0. The molecular weight excluding hydrogens is 404 g/mol. The SMILES string of the molecule is C=CC(=O)O/C=C\Oc1ccc(-c2ccc(-c3ccc(OC(=O)C(=C)C)cc3)cc2)cc1. The molecule has 0 fully saturated rings. The number of rotatable bonds is 8. The Labute approximate surface area is 186 Å². The van der Waals surface area contributed by atoms with Crippen LogP contribution in [0.5, 0.6) is 11.5 Å². The van der Waals surface area contributed by atoms with E-state index in [0.717, 1.165) is 34.6 Å². The number of carbonyl (C=O) groups is 2. The van der Waals surface area contributed by atoms with Gasteiger partial charge >= 0.3 is 11.9 Å². The fourth-order valence-electron chi connectivity index (χ4n) is 2.74. The largest absolute Gasteiger partial charge is 0.462 e. The first-order chi connectivity index (χ1) is 15.5. The van der Waals surface area contributed by atoms with Crippen LogP contribution in [0, 0.1) is 0 Å². The highest BCUT2D eigenvalue weighted by atomic mass is 16.5. The molecule has 160 valence electrons. The predicted octanol–water partition coefficient (Wildman–Crippen LogP) is 6.08. The van der Waals surface area contributed by atoms with Crippen LogP contribution in [0.4, 0.5) is 0 Å². The predicted molar refractivity (Wildman–Crippen MR) is 124 cm³/mol. The maximum Gasteiger partial charge on any atom is 0.338 e. The Kier molecular flexibility index (Phi) is 7.38. The second-order valence-electron chi connectivity index (χ2n) is 6.83. The van der Waals surface area contributed by atoms with Crippen molar-refractivity contribution in [3.63, 3.8) is 0 Å². The summed E-state index contributed by atoms with van der Waals surface area (Å²) in [5.41, 5.74) is 4.51. The van der Waals surface area contributed by atoms with Crippen molar-refractivity contribution in [2.24, 2.45) is 0 Å². The van der Waals surface area contributed by atoms with Gasteiger partial charge in [-0.2, -0.15) is 0 Å². The lowest BCUT2D eigenvalue weighted by Gasteiger charge is -2.08. The van der Waals surface area contributed by atoms with Crippen molar-refractivity contribution >= 4 is 11.9 Å². The van der Waals surface area contributed by atoms with Gasteiger partial charge in [-0.25, -0.2) is 9.59 Å². The molecule has 0 aliphatic carbocycles. The Morgan fingerprint density at radius 1 is 0.719 bits per heavy atom. The molecule has 0 bridgehead atoms. The average Bonchev–Trinajstić information content (AvgIpc) is 2.82. The van der Waals surface area contributed by atoms with Crippen LogP contribution < -0.4 is 9.47 Å². The third-order valence-electron chi connectivity index (χ3n) is 4.43. The molecule has 0 saturated heterocycles. The summed E-state index contributed by atoms with van der Waals surface area (Å²) >= 11 is 0. The van der Waals surface area contributed by atoms with Crippen molar-refractivity contribution < 1.29 is 23.8 Å². The number of hydrogen-bond donors (Lipinski definition) is 0. The maximum absolute atomic E-state index is 11.6. The van der Waals surface area contributed by atoms with E-state index in [4.69, 9.17) is 14.2 Å². The minimum atomic E-state index is -0.550. The van der Waals surface area contributed by atoms with Gasteiger partial charge in [0.1, 0.15) is 24.0 Å². The molecule has 0 atom stereocenters. The van der Waals surface area contributed by atoms with Gasteiger partial charge in [-0.3, -0.25) is 0 Å². The van der Waals surface area contributed by atoms with Gasteiger partial charge in [0.05, 0.1) is 0 Å². The quantitative estimate of drug-likeness (QED) is 0.189. The Morgan fingerprint density at radius 2 is 1.16 bits per heavy atom. The molecule has 0 N–H and O–H groups in total. The fourth-order valence-corrected chi connectivity index (χ4v) is 2.74. The Hall–Kier alpha value is -4.38. The van der Waals surface area contributed by atoms with Crippen LogP contribution >= 0.6 is 0 Å². The van der Waals surface area contributed by atoms with Crippen LogP contribution in [0.15, 0.2) is 110 Å². The number of esters is 2. The third kappa shape index (κ3) is 6.06. The molecule has 0 aromatic heterocycles. The van der Waals surface area contributed by atoms with Crippen LogP contribution in [0.3, 0.4) is 0 Å². The van der Waals surface area contributed by atoms with Gasteiger partial charge in [0.2, 0.25) is 0 Å². The Morgan fingerprint density at radius 3 is 1.59 bits per heavy atom.